The van der Waals surface area contributed by atoms with Gasteiger partial charge in [0, 0.05) is 24.2 Å². The molecule has 0 atom stereocenters. The number of benzene rings is 1. The first-order valence-corrected chi connectivity index (χ1v) is 6.16. The molecule has 0 unspecified atom stereocenters. The van der Waals surface area contributed by atoms with Crippen LogP contribution in [-0.4, -0.2) is 28.8 Å². The zero-order valence-electron chi connectivity index (χ0n) is 11.5. The number of nitrogens with one attached hydrogen (secondary N) is 1. The highest BCUT2D eigenvalue weighted by Crippen LogP contribution is 2.25. The van der Waals surface area contributed by atoms with Gasteiger partial charge in [0.2, 0.25) is 0 Å². The molecule has 0 fully saturated rings. The zero-order chi connectivity index (χ0) is 14.5. The van der Waals surface area contributed by atoms with Gasteiger partial charge in [0.25, 0.3) is 5.69 Å². The van der Waals surface area contributed by atoms with Crippen molar-refractivity contribution in [1.29, 1.82) is 0 Å². The molecule has 0 saturated heterocycles. The normalized spacial score (nSPS) is 11.4. The summed E-state index contributed by atoms with van der Waals surface area (Å²) in [6.45, 7) is 6.61. The molecule has 0 bridgehead atoms. The summed E-state index contributed by atoms with van der Waals surface area (Å²) in [5, 5.41) is 23.5. The van der Waals surface area contributed by atoms with Crippen molar-refractivity contribution in [2.45, 2.75) is 32.9 Å². The standard InChI is InChI=1S/C13H20N2O4/c1-4-14-8-10-7-11(15(17)18)5-6-12(10)19-9-13(2,3)16/h5-7,14,16H,4,8-9H2,1-3H3. The highest BCUT2D eigenvalue weighted by molar-refractivity contribution is 5.43. The number of hydrogen-bond acceptors (Lipinski definition) is 5. The van der Waals surface area contributed by atoms with Crippen molar-refractivity contribution in [2.24, 2.45) is 0 Å². The van der Waals surface area contributed by atoms with Gasteiger partial charge in [0.1, 0.15) is 12.4 Å². The fourth-order valence-corrected chi connectivity index (χ4v) is 1.47. The zero-order valence-corrected chi connectivity index (χ0v) is 11.5. The SMILES string of the molecule is CCNCc1cc([N+](=O)[O-])ccc1OCC(C)(C)O. The van der Waals surface area contributed by atoms with E-state index in [0.717, 1.165) is 6.54 Å². The Hall–Kier alpha value is -1.66. The highest BCUT2D eigenvalue weighted by Gasteiger charge is 2.16. The molecule has 106 valence electrons. The molecule has 0 heterocycles. The molecule has 6 heteroatoms. The summed E-state index contributed by atoms with van der Waals surface area (Å²) in [7, 11) is 0. The summed E-state index contributed by atoms with van der Waals surface area (Å²) in [6.07, 6.45) is 0. The first-order chi connectivity index (χ1) is 8.83. The maximum atomic E-state index is 10.8. The Kier molecular flexibility index (Phi) is 5.26. The Balaban J connectivity index is 2.91. The van der Waals surface area contributed by atoms with Crippen molar-refractivity contribution in [2.75, 3.05) is 13.2 Å². The molecule has 1 aromatic carbocycles. The van der Waals surface area contributed by atoms with Gasteiger partial charge in [-0.15, -0.1) is 0 Å². The van der Waals surface area contributed by atoms with Crippen molar-refractivity contribution in [3.63, 3.8) is 0 Å². The topological polar surface area (TPSA) is 84.6 Å². The lowest BCUT2D eigenvalue weighted by molar-refractivity contribution is -0.384. The molecule has 1 rings (SSSR count). The summed E-state index contributed by atoms with van der Waals surface area (Å²) >= 11 is 0. The van der Waals surface area contributed by atoms with E-state index >= 15 is 0 Å². The van der Waals surface area contributed by atoms with E-state index in [2.05, 4.69) is 5.32 Å². The predicted octanol–water partition coefficient (Wildman–Crippen LogP) is 1.85. The molecule has 2 N–H and O–H groups in total. The average molecular weight is 268 g/mol. The number of nitrogens with zero attached hydrogens (tertiary/aromatic N) is 1. The fourth-order valence-electron chi connectivity index (χ4n) is 1.47. The van der Waals surface area contributed by atoms with Gasteiger partial charge in [-0.2, -0.15) is 0 Å². The van der Waals surface area contributed by atoms with Crippen LogP contribution in [0.15, 0.2) is 18.2 Å². The molecule has 0 radical (unpaired) electrons. The lowest BCUT2D eigenvalue weighted by Gasteiger charge is -2.19. The average Bonchev–Trinajstić information content (AvgIpc) is 2.33. The summed E-state index contributed by atoms with van der Waals surface area (Å²) < 4.78 is 5.52. The van der Waals surface area contributed by atoms with Crippen molar-refractivity contribution >= 4 is 5.69 Å². The molecule has 0 amide bonds. The Morgan fingerprint density at radius 3 is 2.68 bits per heavy atom. The van der Waals surface area contributed by atoms with Crippen LogP contribution in [0.2, 0.25) is 0 Å². The van der Waals surface area contributed by atoms with Crippen molar-refractivity contribution < 1.29 is 14.8 Å². The maximum absolute atomic E-state index is 10.8. The molecule has 1 aromatic rings. The van der Waals surface area contributed by atoms with Crippen LogP contribution < -0.4 is 10.1 Å². The smallest absolute Gasteiger partial charge is 0.270 e. The second-order valence-electron chi connectivity index (χ2n) is 4.93. The molecule has 6 nitrogen and oxygen atoms in total. The Bertz CT molecular complexity index is 441. The van der Waals surface area contributed by atoms with Gasteiger partial charge in [-0.1, -0.05) is 6.92 Å². The quantitative estimate of drug-likeness (QED) is 0.582. The third kappa shape index (κ3) is 5.23. The van der Waals surface area contributed by atoms with Crippen molar-refractivity contribution in [3.8, 4) is 5.75 Å². The lowest BCUT2D eigenvalue weighted by atomic mass is 10.1. The van der Waals surface area contributed by atoms with Gasteiger partial charge in [-0.05, 0) is 26.5 Å². The summed E-state index contributed by atoms with van der Waals surface area (Å²) in [5.41, 5.74) is -0.208. The largest absolute Gasteiger partial charge is 0.490 e. The van der Waals surface area contributed by atoms with Crippen LogP contribution >= 0.6 is 0 Å². The minimum atomic E-state index is -0.947. The Morgan fingerprint density at radius 1 is 1.47 bits per heavy atom. The van der Waals surface area contributed by atoms with E-state index in [1.807, 2.05) is 6.92 Å². The minimum absolute atomic E-state index is 0.0310. The fraction of sp³-hybridized carbons (Fsp3) is 0.538. The number of aliphatic hydroxyl groups is 1. The molecular weight excluding hydrogens is 248 g/mol. The van der Waals surface area contributed by atoms with Gasteiger partial charge in [0.15, 0.2) is 0 Å². The Labute approximate surface area is 112 Å². The van der Waals surface area contributed by atoms with Crippen LogP contribution in [0.5, 0.6) is 5.75 Å². The highest BCUT2D eigenvalue weighted by atomic mass is 16.6. The molecule has 0 aliphatic heterocycles. The van der Waals surface area contributed by atoms with Gasteiger partial charge < -0.3 is 15.2 Å². The lowest BCUT2D eigenvalue weighted by Crippen LogP contribution is -2.28. The van der Waals surface area contributed by atoms with Gasteiger partial charge in [-0.3, -0.25) is 10.1 Å². The van der Waals surface area contributed by atoms with E-state index in [9.17, 15) is 15.2 Å². The number of hydrogen-bond donors (Lipinski definition) is 2. The maximum Gasteiger partial charge on any atom is 0.270 e. The van der Waals surface area contributed by atoms with Crippen LogP contribution in [-0.2, 0) is 6.54 Å². The number of rotatable bonds is 7. The molecule has 0 saturated carbocycles. The summed E-state index contributed by atoms with van der Waals surface area (Å²) in [5.74, 6) is 0.550. The molecule has 0 aromatic heterocycles. The van der Waals surface area contributed by atoms with Crippen LogP contribution in [0.4, 0.5) is 5.69 Å². The van der Waals surface area contributed by atoms with Crippen LogP contribution in [0.1, 0.15) is 26.3 Å². The van der Waals surface area contributed by atoms with Crippen molar-refractivity contribution in [1.82, 2.24) is 5.32 Å². The number of nitro groups is 1. The minimum Gasteiger partial charge on any atom is -0.490 e. The van der Waals surface area contributed by atoms with Gasteiger partial charge in [0.05, 0.1) is 10.5 Å². The molecule has 0 aliphatic rings. The van der Waals surface area contributed by atoms with Gasteiger partial charge in [-0.25, -0.2) is 0 Å². The molecule has 0 aliphatic carbocycles. The molecule has 19 heavy (non-hydrogen) atoms. The summed E-state index contributed by atoms with van der Waals surface area (Å²) in [6, 6.07) is 4.45. The van der Waals surface area contributed by atoms with Gasteiger partial charge >= 0.3 is 0 Å². The number of nitro benzene ring substituents is 1. The number of non-ortho nitro benzene ring substituents is 1. The third-order valence-corrected chi connectivity index (χ3v) is 2.40. The Morgan fingerprint density at radius 2 is 2.16 bits per heavy atom. The van der Waals surface area contributed by atoms with Crippen LogP contribution in [0.25, 0.3) is 0 Å². The van der Waals surface area contributed by atoms with E-state index in [0.29, 0.717) is 17.9 Å². The first kappa shape index (κ1) is 15.4. The van der Waals surface area contributed by atoms with Crippen LogP contribution in [0.3, 0.4) is 0 Å². The van der Waals surface area contributed by atoms with E-state index < -0.39 is 10.5 Å². The van der Waals surface area contributed by atoms with Crippen LogP contribution in [0, 0.1) is 10.1 Å². The summed E-state index contributed by atoms with van der Waals surface area (Å²) in [4.78, 5) is 10.3. The molecule has 0 spiro atoms. The first-order valence-electron chi connectivity index (χ1n) is 6.16. The van der Waals surface area contributed by atoms with E-state index in [1.165, 1.54) is 12.1 Å². The second-order valence-corrected chi connectivity index (χ2v) is 4.93. The number of ether oxygens (including phenoxy) is 1. The van der Waals surface area contributed by atoms with E-state index in [1.54, 1.807) is 19.9 Å². The monoisotopic (exact) mass is 268 g/mol. The molecular formula is C13H20N2O4. The third-order valence-electron chi connectivity index (χ3n) is 2.40. The second kappa shape index (κ2) is 6.49. The van der Waals surface area contributed by atoms with E-state index in [-0.39, 0.29) is 12.3 Å². The van der Waals surface area contributed by atoms with Crippen molar-refractivity contribution in [3.05, 3.63) is 33.9 Å². The predicted molar refractivity (Wildman–Crippen MR) is 72.3 cm³/mol. The van der Waals surface area contributed by atoms with E-state index in [4.69, 9.17) is 4.74 Å².